The molecule has 1 fully saturated rings. The summed E-state index contributed by atoms with van der Waals surface area (Å²) < 4.78 is 5.85. The SMILES string of the molecule is Cc1ccc(C(=O)N2CCN(C(=O)COc3ccccc3C(C)(C)C)CC2)s1. The first-order valence-electron chi connectivity index (χ1n) is 9.61. The van der Waals surface area contributed by atoms with Gasteiger partial charge < -0.3 is 14.5 Å². The predicted octanol–water partition coefficient (Wildman–Crippen LogP) is 3.72. The Hall–Kier alpha value is -2.34. The Morgan fingerprint density at radius 3 is 2.25 bits per heavy atom. The van der Waals surface area contributed by atoms with Crippen molar-refractivity contribution in [3.63, 3.8) is 0 Å². The van der Waals surface area contributed by atoms with Crippen molar-refractivity contribution in [3.05, 3.63) is 51.7 Å². The molecule has 1 aromatic carbocycles. The summed E-state index contributed by atoms with van der Waals surface area (Å²) in [5.41, 5.74) is 1.04. The van der Waals surface area contributed by atoms with E-state index < -0.39 is 0 Å². The third kappa shape index (κ3) is 4.73. The van der Waals surface area contributed by atoms with E-state index in [1.54, 1.807) is 4.90 Å². The zero-order valence-electron chi connectivity index (χ0n) is 17.0. The summed E-state index contributed by atoms with van der Waals surface area (Å²) in [6, 6.07) is 11.7. The highest BCUT2D eigenvalue weighted by atomic mass is 32.1. The number of thiophene rings is 1. The molecule has 2 heterocycles. The van der Waals surface area contributed by atoms with Gasteiger partial charge in [0, 0.05) is 31.1 Å². The number of carbonyl (C=O) groups excluding carboxylic acids is 2. The number of aryl methyl sites for hydroxylation is 1. The van der Waals surface area contributed by atoms with Gasteiger partial charge in [-0.15, -0.1) is 11.3 Å². The molecule has 0 saturated carbocycles. The fraction of sp³-hybridized carbons (Fsp3) is 0.455. The molecule has 3 rings (SSSR count). The fourth-order valence-electron chi connectivity index (χ4n) is 3.31. The van der Waals surface area contributed by atoms with Gasteiger partial charge in [-0.2, -0.15) is 0 Å². The highest BCUT2D eigenvalue weighted by Crippen LogP contribution is 2.31. The maximum atomic E-state index is 12.6. The lowest BCUT2D eigenvalue weighted by atomic mass is 9.86. The van der Waals surface area contributed by atoms with Crippen LogP contribution in [0.25, 0.3) is 0 Å². The van der Waals surface area contributed by atoms with Crippen LogP contribution >= 0.6 is 11.3 Å². The third-order valence-corrected chi connectivity index (χ3v) is 5.91. The van der Waals surface area contributed by atoms with E-state index in [0.717, 1.165) is 21.1 Å². The van der Waals surface area contributed by atoms with E-state index in [-0.39, 0.29) is 23.8 Å². The maximum Gasteiger partial charge on any atom is 0.264 e. The number of hydrogen-bond donors (Lipinski definition) is 0. The van der Waals surface area contributed by atoms with Crippen LogP contribution in [0.15, 0.2) is 36.4 Å². The number of amides is 2. The van der Waals surface area contributed by atoms with E-state index in [1.807, 2.05) is 48.2 Å². The molecule has 1 aromatic heterocycles. The van der Waals surface area contributed by atoms with Crippen LogP contribution in [-0.2, 0) is 10.2 Å². The molecule has 0 atom stereocenters. The van der Waals surface area contributed by atoms with Crippen molar-refractivity contribution in [1.29, 1.82) is 0 Å². The molecular weight excluding hydrogens is 372 g/mol. The molecule has 28 heavy (non-hydrogen) atoms. The first kappa shape index (κ1) is 20.4. The van der Waals surface area contributed by atoms with Crippen LogP contribution in [0.4, 0.5) is 0 Å². The van der Waals surface area contributed by atoms with Gasteiger partial charge in [-0.1, -0.05) is 39.0 Å². The molecule has 1 saturated heterocycles. The number of hydrogen-bond acceptors (Lipinski definition) is 4. The summed E-state index contributed by atoms with van der Waals surface area (Å²) in [5, 5.41) is 0. The molecule has 0 unspecified atom stereocenters. The predicted molar refractivity (Wildman–Crippen MR) is 112 cm³/mol. The summed E-state index contributed by atoms with van der Waals surface area (Å²) in [6.45, 7) is 10.6. The zero-order chi connectivity index (χ0) is 20.3. The molecular formula is C22H28N2O3S. The van der Waals surface area contributed by atoms with Crippen LogP contribution in [0.1, 0.15) is 40.9 Å². The van der Waals surface area contributed by atoms with Crippen molar-refractivity contribution in [1.82, 2.24) is 9.80 Å². The second-order valence-electron chi connectivity index (χ2n) is 8.12. The van der Waals surface area contributed by atoms with Crippen LogP contribution in [0.2, 0.25) is 0 Å². The molecule has 150 valence electrons. The van der Waals surface area contributed by atoms with Crippen molar-refractivity contribution in [3.8, 4) is 5.75 Å². The first-order valence-corrected chi connectivity index (χ1v) is 10.4. The largest absolute Gasteiger partial charge is 0.483 e. The van der Waals surface area contributed by atoms with E-state index in [2.05, 4.69) is 20.8 Å². The van der Waals surface area contributed by atoms with Gasteiger partial charge in [-0.3, -0.25) is 9.59 Å². The van der Waals surface area contributed by atoms with Crippen LogP contribution in [0, 0.1) is 6.92 Å². The number of ether oxygens (including phenoxy) is 1. The Morgan fingerprint density at radius 1 is 1.00 bits per heavy atom. The van der Waals surface area contributed by atoms with Gasteiger partial charge in [-0.05, 0) is 36.1 Å². The molecule has 2 amide bonds. The number of piperazine rings is 1. The minimum Gasteiger partial charge on any atom is -0.483 e. The van der Waals surface area contributed by atoms with Crippen molar-refractivity contribution < 1.29 is 14.3 Å². The summed E-state index contributed by atoms with van der Waals surface area (Å²) in [6.07, 6.45) is 0. The minimum absolute atomic E-state index is 0.0190. The molecule has 0 N–H and O–H groups in total. The summed E-state index contributed by atoms with van der Waals surface area (Å²) in [5.74, 6) is 0.772. The maximum absolute atomic E-state index is 12.6. The zero-order valence-corrected chi connectivity index (χ0v) is 17.8. The van der Waals surface area contributed by atoms with E-state index in [0.29, 0.717) is 26.2 Å². The molecule has 1 aliphatic rings. The molecule has 0 bridgehead atoms. The van der Waals surface area contributed by atoms with Crippen molar-refractivity contribution in [2.24, 2.45) is 0 Å². The van der Waals surface area contributed by atoms with E-state index >= 15 is 0 Å². The van der Waals surface area contributed by atoms with Gasteiger partial charge >= 0.3 is 0 Å². The smallest absolute Gasteiger partial charge is 0.264 e. The van der Waals surface area contributed by atoms with Gasteiger partial charge in [-0.25, -0.2) is 0 Å². The Kier molecular flexibility index (Phi) is 6.08. The third-order valence-electron chi connectivity index (χ3n) is 4.92. The molecule has 5 nitrogen and oxygen atoms in total. The summed E-state index contributed by atoms with van der Waals surface area (Å²) in [7, 11) is 0. The van der Waals surface area contributed by atoms with E-state index in [4.69, 9.17) is 4.74 Å². The Morgan fingerprint density at radius 2 is 1.64 bits per heavy atom. The first-order chi connectivity index (χ1) is 13.3. The average Bonchev–Trinajstić information content (AvgIpc) is 3.11. The number of para-hydroxylation sites is 1. The highest BCUT2D eigenvalue weighted by molar-refractivity contribution is 7.13. The van der Waals surface area contributed by atoms with Gasteiger partial charge in [0.15, 0.2) is 6.61 Å². The quantitative estimate of drug-likeness (QED) is 0.786. The Balaban J connectivity index is 1.53. The average molecular weight is 401 g/mol. The van der Waals surface area contributed by atoms with Crippen LogP contribution in [0.5, 0.6) is 5.75 Å². The lowest BCUT2D eigenvalue weighted by molar-refractivity contribution is -0.134. The normalized spacial score (nSPS) is 14.9. The van der Waals surface area contributed by atoms with E-state index in [1.165, 1.54) is 11.3 Å². The second kappa shape index (κ2) is 8.35. The van der Waals surface area contributed by atoms with Gasteiger partial charge in [0.25, 0.3) is 11.8 Å². The van der Waals surface area contributed by atoms with Crippen LogP contribution in [0.3, 0.4) is 0 Å². The summed E-state index contributed by atoms with van der Waals surface area (Å²) in [4.78, 5) is 30.6. The molecule has 2 aromatic rings. The lowest BCUT2D eigenvalue weighted by Crippen LogP contribution is -2.51. The monoisotopic (exact) mass is 400 g/mol. The standard InChI is InChI=1S/C22H28N2O3S/c1-16-9-10-19(28-16)21(26)24-13-11-23(12-14-24)20(25)15-27-18-8-6-5-7-17(18)22(2,3)4/h5-10H,11-15H2,1-4H3. The minimum atomic E-state index is -0.0498. The van der Waals surface area contributed by atoms with Crippen molar-refractivity contribution in [2.75, 3.05) is 32.8 Å². The van der Waals surface area contributed by atoms with Gasteiger partial charge in [0.1, 0.15) is 5.75 Å². The molecule has 0 radical (unpaired) electrons. The van der Waals surface area contributed by atoms with Crippen LogP contribution < -0.4 is 4.74 Å². The van der Waals surface area contributed by atoms with Gasteiger partial charge in [0.05, 0.1) is 4.88 Å². The number of rotatable bonds is 4. The fourth-order valence-corrected chi connectivity index (χ4v) is 4.14. The summed E-state index contributed by atoms with van der Waals surface area (Å²) >= 11 is 1.51. The second-order valence-corrected chi connectivity index (χ2v) is 9.41. The topological polar surface area (TPSA) is 49.9 Å². The highest BCUT2D eigenvalue weighted by Gasteiger charge is 2.26. The number of carbonyl (C=O) groups is 2. The number of nitrogens with zero attached hydrogens (tertiary/aromatic N) is 2. The van der Waals surface area contributed by atoms with Crippen molar-refractivity contribution >= 4 is 23.2 Å². The molecule has 6 heteroatoms. The molecule has 1 aliphatic heterocycles. The van der Waals surface area contributed by atoms with Gasteiger partial charge in [0.2, 0.25) is 0 Å². The number of benzene rings is 1. The Bertz CT molecular complexity index is 845. The molecule has 0 spiro atoms. The molecule has 0 aliphatic carbocycles. The van der Waals surface area contributed by atoms with Crippen molar-refractivity contribution in [2.45, 2.75) is 33.1 Å². The van der Waals surface area contributed by atoms with E-state index in [9.17, 15) is 9.59 Å². The lowest BCUT2D eigenvalue weighted by Gasteiger charge is -2.34. The van der Waals surface area contributed by atoms with Crippen LogP contribution in [-0.4, -0.2) is 54.4 Å². The Labute approximate surface area is 170 Å².